The highest BCUT2D eigenvalue weighted by Crippen LogP contribution is 2.24. The summed E-state index contributed by atoms with van der Waals surface area (Å²) in [5.41, 5.74) is 1.24. The number of ether oxygens (including phenoxy) is 3. The second kappa shape index (κ2) is 13.4. The van der Waals surface area contributed by atoms with Crippen LogP contribution in [0.4, 0.5) is 0 Å². The van der Waals surface area contributed by atoms with E-state index in [4.69, 9.17) is 19.2 Å². The zero-order valence-electron chi connectivity index (χ0n) is 18.7. The summed E-state index contributed by atoms with van der Waals surface area (Å²) in [7, 11) is 3.76. The van der Waals surface area contributed by atoms with Crippen molar-refractivity contribution in [3.05, 3.63) is 54.1 Å². The molecular formula is C24H34IN3O3. The molecule has 1 aliphatic rings. The Bertz CT molecular complexity index is 791. The molecule has 1 unspecified atom stereocenters. The van der Waals surface area contributed by atoms with Gasteiger partial charge in [-0.25, -0.2) is 0 Å². The topological polar surface area (TPSA) is 55.3 Å². The van der Waals surface area contributed by atoms with E-state index in [2.05, 4.69) is 36.3 Å². The van der Waals surface area contributed by atoms with Gasteiger partial charge in [0, 0.05) is 39.2 Å². The zero-order valence-corrected chi connectivity index (χ0v) is 21.0. The molecule has 0 radical (unpaired) electrons. The molecule has 1 aliphatic heterocycles. The van der Waals surface area contributed by atoms with Crippen LogP contribution in [0.5, 0.6) is 17.2 Å². The summed E-state index contributed by atoms with van der Waals surface area (Å²) in [6, 6.07) is 15.8. The third-order valence-corrected chi connectivity index (χ3v) is 5.13. The van der Waals surface area contributed by atoms with Gasteiger partial charge in [0.15, 0.2) is 5.96 Å². The van der Waals surface area contributed by atoms with Gasteiger partial charge in [-0.15, -0.1) is 24.0 Å². The summed E-state index contributed by atoms with van der Waals surface area (Å²) in [5.74, 6) is 3.98. The number of hydrogen-bond acceptors (Lipinski definition) is 4. The Morgan fingerprint density at radius 2 is 1.74 bits per heavy atom. The molecule has 0 aliphatic carbocycles. The number of aliphatic imine (C=N–C) groups is 1. The summed E-state index contributed by atoms with van der Waals surface area (Å²) in [4.78, 5) is 7.02. The molecule has 170 valence electrons. The number of rotatable bonds is 9. The minimum Gasteiger partial charge on any atom is -0.497 e. The first-order valence-electron chi connectivity index (χ1n) is 10.7. The molecule has 1 fully saturated rings. The lowest BCUT2D eigenvalue weighted by atomic mass is 10.1. The first-order chi connectivity index (χ1) is 14.7. The maximum atomic E-state index is 5.89. The standard InChI is InChI=1S/C24H33N3O3.HI/c1-4-25-24(27(2)17-20-14-16-29-18-20)26-15-13-19-5-7-22(8-6-19)30-23-11-9-21(28-3)10-12-23;/h5-12,20H,4,13-18H2,1-3H3,(H,25,26);1H. The largest absolute Gasteiger partial charge is 0.497 e. The second-order valence-electron chi connectivity index (χ2n) is 7.52. The lowest BCUT2D eigenvalue weighted by molar-refractivity contribution is 0.181. The third-order valence-electron chi connectivity index (χ3n) is 5.13. The van der Waals surface area contributed by atoms with E-state index < -0.39 is 0 Å². The SMILES string of the molecule is CCNC(=NCCc1ccc(Oc2ccc(OC)cc2)cc1)N(C)CC1CCOC1.I. The van der Waals surface area contributed by atoms with Crippen LogP contribution in [-0.4, -0.2) is 57.9 Å². The molecule has 0 aromatic heterocycles. The van der Waals surface area contributed by atoms with Crippen molar-refractivity contribution in [2.75, 3.05) is 47.0 Å². The van der Waals surface area contributed by atoms with Gasteiger partial charge in [0.05, 0.1) is 13.7 Å². The molecule has 2 aromatic rings. The van der Waals surface area contributed by atoms with Gasteiger partial charge in [0.25, 0.3) is 0 Å². The van der Waals surface area contributed by atoms with Gasteiger partial charge in [-0.05, 0) is 61.7 Å². The van der Waals surface area contributed by atoms with E-state index in [1.54, 1.807) is 7.11 Å². The van der Waals surface area contributed by atoms with Crippen LogP contribution in [-0.2, 0) is 11.2 Å². The van der Waals surface area contributed by atoms with Gasteiger partial charge in [0.2, 0.25) is 0 Å². The van der Waals surface area contributed by atoms with Crippen LogP contribution >= 0.6 is 24.0 Å². The number of hydrogen-bond donors (Lipinski definition) is 1. The lowest BCUT2D eigenvalue weighted by Crippen LogP contribution is -2.41. The van der Waals surface area contributed by atoms with E-state index in [1.165, 1.54) is 5.56 Å². The van der Waals surface area contributed by atoms with E-state index in [9.17, 15) is 0 Å². The highest BCUT2D eigenvalue weighted by atomic mass is 127. The highest BCUT2D eigenvalue weighted by Gasteiger charge is 2.18. The lowest BCUT2D eigenvalue weighted by Gasteiger charge is -2.24. The average Bonchev–Trinajstić information content (AvgIpc) is 3.28. The van der Waals surface area contributed by atoms with E-state index in [0.29, 0.717) is 5.92 Å². The smallest absolute Gasteiger partial charge is 0.193 e. The Kier molecular flexibility index (Phi) is 10.9. The summed E-state index contributed by atoms with van der Waals surface area (Å²) >= 11 is 0. The van der Waals surface area contributed by atoms with E-state index in [0.717, 1.165) is 68.9 Å². The van der Waals surface area contributed by atoms with Gasteiger partial charge in [0.1, 0.15) is 17.2 Å². The molecule has 0 amide bonds. The minimum absolute atomic E-state index is 0. The van der Waals surface area contributed by atoms with Gasteiger partial charge < -0.3 is 24.4 Å². The molecule has 6 nitrogen and oxygen atoms in total. The van der Waals surface area contributed by atoms with Crippen molar-refractivity contribution in [1.29, 1.82) is 0 Å². The summed E-state index contributed by atoms with van der Waals surface area (Å²) in [5, 5.41) is 3.39. The Morgan fingerprint density at radius 3 is 2.32 bits per heavy atom. The van der Waals surface area contributed by atoms with Crippen LogP contribution in [0.1, 0.15) is 18.9 Å². The number of nitrogens with one attached hydrogen (secondary N) is 1. The molecule has 0 spiro atoms. The van der Waals surface area contributed by atoms with Gasteiger partial charge in [-0.1, -0.05) is 12.1 Å². The molecule has 7 heteroatoms. The molecule has 0 saturated carbocycles. The summed E-state index contributed by atoms with van der Waals surface area (Å²) in [6.45, 7) is 6.42. The first-order valence-corrected chi connectivity index (χ1v) is 10.7. The first kappa shape index (κ1) is 25.3. The molecule has 0 bridgehead atoms. The molecular weight excluding hydrogens is 505 g/mol. The maximum absolute atomic E-state index is 5.89. The van der Waals surface area contributed by atoms with Crippen LogP contribution in [0.2, 0.25) is 0 Å². The van der Waals surface area contributed by atoms with Gasteiger partial charge in [-0.3, -0.25) is 4.99 Å². The van der Waals surface area contributed by atoms with Crippen molar-refractivity contribution in [3.8, 4) is 17.2 Å². The van der Waals surface area contributed by atoms with Gasteiger partial charge >= 0.3 is 0 Å². The predicted molar refractivity (Wildman–Crippen MR) is 136 cm³/mol. The average molecular weight is 539 g/mol. The van der Waals surface area contributed by atoms with Crippen LogP contribution in [0, 0.1) is 5.92 Å². The number of benzene rings is 2. The molecule has 1 N–H and O–H groups in total. The fourth-order valence-electron chi connectivity index (χ4n) is 3.47. The number of halogens is 1. The molecule has 1 atom stereocenters. The Balaban J connectivity index is 0.00000341. The van der Waals surface area contributed by atoms with Crippen molar-refractivity contribution in [1.82, 2.24) is 10.2 Å². The van der Waals surface area contributed by atoms with Crippen LogP contribution in [0.15, 0.2) is 53.5 Å². The van der Waals surface area contributed by atoms with E-state index in [1.807, 2.05) is 36.4 Å². The second-order valence-corrected chi connectivity index (χ2v) is 7.52. The fraction of sp³-hybridized carbons (Fsp3) is 0.458. The normalized spacial score (nSPS) is 15.8. The molecule has 2 aromatic carbocycles. The third kappa shape index (κ3) is 8.22. The summed E-state index contributed by atoms with van der Waals surface area (Å²) < 4.78 is 16.6. The highest BCUT2D eigenvalue weighted by molar-refractivity contribution is 14.0. The van der Waals surface area contributed by atoms with E-state index >= 15 is 0 Å². The monoisotopic (exact) mass is 539 g/mol. The fourth-order valence-corrected chi connectivity index (χ4v) is 3.47. The molecule has 1 heterocycles. The van der Waals surface area contributed by atoms with Crippen molar-refractivity contribution in [3.63, 3.8) is 0 Å². The number of nitrogens with zero attached hydrogens (tertiary/aromatic N) is 2. The quantitative estimate of drug-likeness (QED) is 0.287. The number of guanidine groups is 1. The van der Waals surface area contributed by atoms with Crippen molar-refractivity contribution in [2.45, 2.75) is 19.8 Å². The molecule has 3 rings (SSSR count). The van der Waals surface area contributed by atoms with E-state index in [-0.39, 0.29) is 24.0 Å². The zero-order chi connectivity index (χ0) is 21.2. The van der Waals surface area contributed by atoms with Crippen LogP contribution in [0.3, 0.4) is 0 Å². The Hall–Kier alpha value is -2.00. The maximum Gasteiger partial charge on any atom is 0.193 e. The summed E-state index contributed by atoms with van der Waals surface area (Å²) in [6.07, 6.45) is 2.02. The van der Waals surface area contributed by atoms with Crippen LogP contribution in [0.25, 0.3) is 0 Å². The Labute approximate surface area is 203 Å². The molecule has 31 heavy (non-hydrogen) atoms. The Morgan fingerprint density at radius 1 is 1.10 bits per heavy atom. The van der Waals surface area contributed by atoms with Crippen molar-refractivity contribution < 1.29 is 14.2 Å². The van der Waals surface area contributed by atoms with Crippen molar-refractivity contribution in [2.24, 2.45) is 10.9 Å². The minimum atomic E-state index is 0. The van der Waals surface area contributed by atoms with Crippen LogP contribution < -0.4 is 14.8 Å². The predicted octanol–water partition coefficient (Wildman–Crippen LogP) is 4.58. The van der Waals surface area contributed by atoms with Gasteiger partial charge in [-0.2, -0.15) is 0 Å². The van der Waals surface area contributed by atoms with Crippen molar-refractivity contribution >= 4 is 29.9 Å². The number of methoxy groups -OCH3 is 1. The molecule has 1 saturated heterocycles.